The van der Waals surface area contributed by atoms with E-state index in [9.17, 15) is 9.59 Å². The van der Waals surface area contributed by atoms with Crippen LogP contribution in [0.4, 0.5) is 0 Å². The average molecular weight is 411 g/mol. The van der Waals surface area contributed by atoms with Crippen molar-refractivity contribution in [3.8, 4) is 5.82 Å². The standard InChI is InChI=1S/C20H22N6O2S/c1-6-9-25-17(27)13-10-21-19(29-5)23-16(13)26(25)14-8-7-12-11-24(20(2,3)4)18(28)15(12)22-14/h6-8,10H,1,9,11H2,2-5H3. The quantitative estimate of drug-likeness (QED) is 0.373. The van der Waals surface area contributed by atoms with Crippen LogP contribution in [-0.2, 0) is 13.1 Å². The molecular weight excluding hydrogens is 388 g/mol. The van der Waals surface area contributed by atoms with Crippen LogP contribution in [-0.4, -0.2) is 46.9 Å². The molecule has 9 heteroatoms. The summed E-state index contributed by atoms with van der Waals surface area (Å²) < 4.78 is 3.15. The Kier molecular flexibility index (Phi) is 4.57. The van der Waals surface area contributed by atoms with Crippen LogP contribution in [0.15, 0.2) is 40.9 Å². The smallest absolute Gasteiger partial charge is 0.278 e. The summed E-state index contributed by atoms with van der Waals surface area (Å²) in [5.74, 6) is 0.357. The zero-order valence-corrected chi connectivity index (χ0v) is 17.7. The zero-order valence-electron chi connectivity index (χ0n) is 16.8. The fraction of sp³-hybridized carbons (Fsp3) is 0.350. The zero-order chi connectivity index (χ0) is 20.9. The van der Waals surface area contributed by atoms with Gasteiger partial charge < -0.3 is 4.90 Å². The molecule has 0 saturated heterocycles. The molecule has 3 aromatic rings. The lowest BCUT2D eigenvalue weighted by molar-refractivity contribution is 0.0605. The monoisotopic (exact) mass is 410 g/mol. The number of amides is 1. The molecule has 8 nitrogen and oxygen atoms in total. The molecule has 29 heavy (non-hydrogen) atoms. The summed E-state index contributed by atoms with van der Waals surface area (Å²) in [4.78, 5) is 41.0. The van der Waals surface area contributed by atoms with E-state index in [0.29, 0.717) is 34.2 Å². The van der Waals surface area contributed by atoms with E-state index in [4.69, 9.17) is 0 Å². The first kappa shape index (κ1) is 19.4. The fourth-order valence-electron chi connectivity index (χ4n) is 3.45. The number of aromatic nitrogens is 5. The third-order valence-electron chi connectivity index (χ3n) is 4.91. The molecule has 0 saturated carbocycles. The van der Waals surface area contributed by atoms with Gasteiger partial charge in [-0.1, -0.05) is 23.9 Å². The minimum absolute atomic E-state index is 0.108. The van der Waals surface area contributed by atoms with Crippen molar-refractivity contribution in [2.45, 2.75) is 44.6 Å². The summed E-state index contributed by atoms with van der Waals surface area (Å²) >= 11 is 1.39. The Morgan fingerprint density at radius 3 is 2.66 bits per heavy atom. The first-order valence-corrected chi connectivity index (χ1v) is 10.4. The normalized spacial score (nSPS) is 13.9. The van der Waals surface area contributed by atoms with Crippen molar-refractivity contribution in [1.82, 2.24) is 29.2 Å². The highest BCUT2D eigenvalue weighted by atomic mass is 32.2. The van der Waals surface area contributed by atoms with Gasteiger partial charge in [-0.05, 0) is 33.1 Å². The van der Waals surface area contributed by atoms with Crippen molar-refractivity contribution in [3.05, 3.63) is 52.6 Å². The van der Waals surface area contributed by atoms with Gasteiger partial charge in [0.2, 0.25) is 0 Å². The summed E-state index contributed by atoms with van der Waals surface area (Å²) in [6.07, 6.45) is 5.05. The molecule has 0 aromatic carbocycles. The number of rotatable bonds is 4. The summed E-state index contributed by atoms with van der Waals surface area (Å²) in [5, 5.41) is 0.952. The largest absolute Gasteiger partial charge is 0.328 e. The van der Waals surface area contributed by atoms with Gasteiger partial charge >= 0.3 is 0 Å². The summed E-state index contributed by atoms with van der Waals surface area (Å²) in [7, 11) is 0. The van der Waals surface area contributed by atoms with Gasteiger partial charge in [0.15, 0.2) is 16.6 Å². The Labute approximate surface area is 172 Å². The lowest BCUT2D eigenvalue weighted by Gasteiger charge is -2.31. The van der Waals surface area contributed by atoms with E-state index in [1.54, 1.807) is 15.7 Å². The number of fused-ring (bicyclic) bond motifs is 2. The van der Waals surface area contributed by atoms with Crippen molar-refractivity contribution in [2.24, 2.45) is 0 Å². The SMILES string of the molecule is C=CCn1c(=O)c2cnc(SC)nc2n1-c1ccc2c(n1)C(=O)N(C(C)(C)C)C2. The lowest BCUT2D eigenvalue weighted by Crippen LogP contribution is -2.41. The first-order valence-electron chi connectivity index (χ1n) is 9.22. The van der Waals surface area contributed by atoms with Crippen molar-refractivity contribution < 1.29 is 4.79 Å². The van der Waals surface area contributed by atoms with E-state index in [1.165, 1.54) is 22.6 Å². The summed E-state index contributed by atoms with van der Waals surface area (Å²) in [6.45, 7) is 10.6. The molecule has 0 N–H and O–H groups in total. The molecule has 1 aliphatic rings. The first-order chi connectivity index (χ1) is 13.8. The number of pyridine rings is 1. The predicted octanol–water partition coefficient (Wildman–Crippen LogP) is 2.64. The number of nitrogens with zero attached hydrogens (tertiary/aromatic N) is 6. The number of thioether (sulfide) groups is 1. The van der Waals surface area contributed by atoms with E-state index < -0.39 is 0 Å². The van der Waals surface area contributed by atoms with E-state index in [1.807, 2.05) is 39.2 Å². The molecule has 0 radical (unpaired) electrons. The van der Waals surface area contributed by atoms with Crippen molar-refractivity contribution in [1.29, 1.82) is 0 Å². The van der Waals surface area contributed by atoms with Gasteiger partial charge in [0, 0.05) is 23.8 Å². The fourth-order valence-corrected chi connectivity index (χ4v) is 3.79. The van der Waals surface area contributed by atoms with Gasteiger partial charge in [-0.3, -0.25) is 9.59 Å². The maximum atomic E-state index is 12.9. The van der Waals surface area contributed by atoms with Crippen LogP contribution in [0.25, 0.3) is 16.9 Å². The van der Waals surface area contributed by atoms with Gasteiger partial charge in [0.25, 0.3) is 11.5 Å². The van der Waals surface area contributed by atoms with Crippen LogP contribution in [0.3, 0.4) is 0 Å². The van der Waals surface area contributed by atoms with Crippen LogP contribution >= 0.6 is 11.8 Å². The van der Waals surface area contributed by atoms with E-state index >= 15 is 0 Å². The van der Waals surface area contributed by atoms with Crippen LogP contribution in [0, 0.1) is 0 Å². The molecule has 0 fully saturated rings. The number of allylic oxidation sites excluding steroid dienone is 1. The lowest BCUT2D eigenvalue weighted by atomic mass is 10.1. The third-order valence-corrected chi connectivity index (χ3v) is 5.47. The Bertz CT molecular complexity index is 1200. The molecule has 1 amide bonds. The molecular formula is C20H22N6O2S. The Morgan fingerprint density at radius 2 is 2.00 bits per heavy atom. The topological polar surface area (TPSA) is 85.9 Å². The van der Waals surface area contributed by atoms with Crippen LogP contribution in [0.1, 0.15) is 36.8 Å². The van der Waals surface area contributed by atoms with Crippen molar-refractivity contribution in [2.75, 3.05) is 6.26 Å². The predicted molar refractivity (Wildman–Crippen MR) is 113 cm³/mol. The van der Waals surface area contributed by atoms with Crippen LogP contribution in [0.2, 0.25) is 0 Å². The number of carbonyl (C=O) groups is 1. The maximum absolute atomic E-state index is 12.9. The molecule has 0 unspecified atom stereocenters. The summed E-state index contributed by atoms with van der Waals surface area (Å²) in [6, 6.07) is 3.71. The summed E-state index contributed by atoms with van der Waals surface area (Å²) in [5.41, 5.74) is 1.22. The molecule has 150 valence electrons. The van der Waals surface area contributed by atoms with E-state index in [0.717, 1.165) is 5.56 Å². The second kappa shape index (κ2) is 6.84. The van der Waals surface area contributed by atoms with E-state index in [2.05, 4.69) is 21.5 Å². The van der Waals surface area contributed by atoms with Gasteiger partial charge in [0.05, 0.1) is 6.54 Å². The molecule has 1 aliphatic heterocycles. The third kappa shape index (κ3) is 3.05. The van der Waals surface area contributed by atoms with Gasteiger partial charge in [-0.25, -0.2) is 24.3 Å². The van der Waals surface area contributed by atoms with Crippen LogP contribution in [0.5, 0.6) is 0 Å². The minimum Gasteiger partial charge on any atom is -0.328 e. The molecule has 4 heterocycles. The van der Waals surface area contributed by atoms with E-state index in [-0.39, 0.29) is 23.6 Å². The molecule has 0 bridgehead atoms. The molecule has 0 spiro atoms. The Hall–Kier alpha value is -2.94. The maximum Gasteiger partial charge on any atom is 0.278 e. The molecule has 3 aromatic heterocycles. The molecule has 0 atom stereocenters. The second-order valence-electron chi connectivity index (χ2n) is 7.82. The average Bonchev–Trinajstić information content (AvgIpc) is 3.16. The highest BCUT2D eigenvalue weighted by Gasteiger charge is 2.36. The second-order valence-corrected chi connectivity index (χ2v) is 8.59. The highest BCUT2D eigenvalue weighted by molar-refractivity contribution is 7.98. The van der Waals surface area contributed by atoms with Gasteiger partial charge in [0.1, 0.15) is 11.1 Å². The van der Waals surface area contributed by atoms with Crippen molar-refractivity contribution in [3.63, 3.8) is 0 Å². The van der Waals surface area contributed by atoms with Crippen LogP contribution < -0.4 is 5.56 Å². The molecule has 4 rings (SSSR count). The number of hydrogen-bond donors (Lipinski definition) is 0. The number of hydrogen-bond acceptors (Lipinski definition) is 6. The minimum atomic E-state index is -0.302. The van der Waals surface area contributed by atoms with Crippen molar-refractivity contribution >= 4 is 28.7 Å². The molecule has 0 aliphatic carbocycles. The Balaban J connectivity index is 1.94. The van der Waals surface area contributed by atoms with Gasteiger partial charge in [-0.15, -0.1) is 6.58 Å². The Morgan fingerprint density at radius 1 is 1.24 bits per heavy atom. The highest BCUT2D eigenvalue weighted by Crippen LogP contribution is 2.29. The number of carbonyl (C=O) groups excluding carboxylic acids is 1. The van der Waals surface area contributed by atoms with Gasteiger partial charge in [-0.2, -0.15) is 0 Å².